The van der Waals surface area contributed by atoms with Crippen LogP contribution >= 0.6 is 15.9 Å². The maximum atomic E-state index is 11.8. The highest BCUT2D eigenvalue weighted by Gasteiger charge is 2.27. The molecular formula is C12H14BrF3O2. The predicted octanol–water partition coefficient (Wildman–Crippen LogP) is 3.93. The molecule has 0 aliphatic carbocycles. The van der Waals surface area contributed by atoms with Gasteiger partial charge in [-0.2, -0.15) is 13.2 Å². The summed E-state index contributed by atoms with van der Waals surface area (Å²) in [4.78, 5) is 0. The second-order valence-corrected chi connectivity index (χ2v) is 4.17. The van der Waals surface area contributed by atoms with Crippen LogP contribution in [0.3, 0.4) is 0 Å². The molecule has 18 heavy (non-hydrogen) atoms. The van der Waals surface area contributed by atoms with Crippen molar-refractivity contribution in [1.29, 1.82) is 0 Å². The summed E-state index contributed by atoms with van der Waals surface area (Å²) in [5.41, 5.74) is 1.01. The first-order chi connectivity index (χ1) is 8.53. The summed E-state index contributed by atoms with van der Waals surface area (Å²) in [5, 5.41) is 0.674. The van der Waals surface area contributed by atoms with Crippen molar-refractivity contribution in [1.82, 2.24) is 0 Å². The van der Waals surface area contributed by atoms with Crippen LogP contribution in [0.1, 0.15) is 12.0 Å². The van der Waals surface area contributed by atoms with Gasteiger partial charge in [0, 0.05) is 17.3 Å². The van der Waals surface area contributed by atoms with Crippen LogP contribution in [0.2, 0.25) is 0 Å². The van der Waals surface area contributed by atoms with E-state index in [4.69, 9.17) is 4.74 Å². The molecule has 1 aromatic carbocycles. The third kappa shape index (κ3) is 6.26. The molecule has 0 unspecified atom stereocenters. The number of ether oxygens (including phenoxy) is 2. The molecule has 6 heteroatoms. The zero-order valence-electron chi connectivity index (χ0n) is 9.67. The summed E-state index contributed by atoms with van der Waals surface area (Å²) in [7, 11) is 0. The number of para-hydroxylation sites is 1. The van der Waals surface area contributed by atoms with Crippen LogP contribution in [0.4, 0.5) is 13.2 Å². The van der Waals surface area contributed by atoms with Crippen LogP contribution in [-0.4, -0.2) is 26.0 Å². The maximum Gasteiger partial charge on any atom is 0.411 e. The van der Waals surface area contributed by atoms with Gasteiger partial charge in [0.25, 0.3) is 0 Å². The SMILES string of the molecule is FC(F)(F)COCCCOc1ccccc1CBr. The van der Waals surface area contributed by atoms with Crippen LogP contribution < -0.4 is 4.74 Å². The minimum atomic E-state index is -4.26. The Morgan fingerprint density at radius 3 is 2.50 bits per heavy atom. The number of benzene rings is 1. The normalized spacial score (nSPS) is 11.6. The van der Waals surface area contributed by atoms with Crippen molar-refractivity contribution in [3.05, 3.63) is 29.8 Å². The van der Waals surface area contributed by atoms with Crippen LogP contribution in [-0.2, 0) is 10.1 Å². The van der Waals surface area contributed by atoms with Crippen LogP contribution in [0, 0.1) is 0 Å². The smallest absolute Gasteiger partial charge is 0.411 e. The fourth-order valence-electron chi connectivity index (χ4n) is 1.29. The van der Waals surface area contributed by atoms with E-state index in [1.165, 1.54) is 0 Å². The Morgan fingerprint density at radius 2 is 1.83 bits per heavy atom. The molecule has 0 amide bonds. The summed E-state index contributed by atoms with van der Waals surface area (Å²) in [6.07, 6.45) is -3.84. The quantitative estimate of drug-likeness (QED) is 0.558. The van der Waals surface area contributed by atoms with Crippen molar-refractivity contribution in [3.8, 4) is 5.75 Å². The van der Waals surface area contributed by atoms with Crippen LogP contribution in [0.15, 0.2) is 24.3 Å². The Labute approximate surface area is 112 Å². The van der Waals surface area contributed by atoms with E-state index in [2.05, 4.69) is 20.7 Å². The Hall–Kier alpha value is -0.750. The third-order valence-corrected chi connectivity index (χ3v) is 2.68. The van der Waals surface area contributed by atoms with Crippen LogP contribution in [0.25, 0.3) is 0 Å². The predicted molar refractivity (Wildman–Crippen MR) is 66.1 cm³/mol. The first-order valence-electron chi connectivity index (χ1n) is 5.44. The van der Waals surface area contributed by atoms with Crippen molar-refractivity contribution in [3.63, 3.8) is 0 Å². The maximum absolute atomic E-state index is 11.8. The number of alkyl halides is 4. The molecule has 0 radical (unpaired) electrons. The monoisotopic (exact) mass is 326 g/mol. The largest absolute Gasteiger partial charge is 0.493 e. The zero-order chi connectivity index (χ0) is 13.4. The summed E-state index contributed by atoms with van der Waals surface area (Å²) in [6.45, 7) is -0.831. The Bertz CT molecular complexity index is 355. The first-order valence-corrected chi connectivity index (χ1v) is 6.56. The lowest BCUT2D eigenvalue weighted by Crippen LogP contribution is -2.18. The van der Waals surface area contributed by atoms with E-state index in [1.807, 2.05) is 24.3 Å². The standard InChI is InChI=1S/C12H14BrF3O2/c13-8-10-4-1-2-5-11(10)18-7-3-6-17-9-12(14,15)16/h1-2,4-5H,3,6-9H2. The molecule has 0 atom stereocenters. The van der Waals surface area contributed by atoms with Crippen LogP contribution in [0.5, 0.6) is 5.75 Å². The molecule has 1 aromatic rings. The zero-order valence-corrected chi connectivity index (χ0v) is 11.3. The van der Waals surface area contributed by atoms with Crippen molar-refractivity contribution in [2.24, 2.45) is 0 Å². The van der Waals surface area contributed by atoms with Crippen molar-refractivity contribution >= 4 is 15.9 Å². The molecule has 0 saturated carbocycles. The van der Waals surface area contributed by atoms with Gasteiger partial charge in [0.1, 0.15) is 12.4 Å². The molecule has 0 aliphatic heterocycles. The topological polar surface area (TPSA) is 18.5 Å². The molecule has 0 heterocycles. The lowest BCUT2D eigenvalue weighted by atomic mass is 10.2. The van der Waals surface area contributed by atoms with E-state index in [9.17, 15) is 13.2 Å². The first kappa shape index (κ1) is 15.3. The van der Waals surface area contributed by atoms with E-state index in [-0.39, 0.29) is 6.61 Å². The third-order valence-electron chi connectivity index (χ3n) is 2.07. The summed E-state index contributed by atoms with van der Waals surface area (Å²) in [6, 6.07) is 7.49. The molecule has 102 valence electrons. The van der Waals surface area contributed by atoms with Crippen molar-refractivity contribution < 1.29 is 22.6 Å². The van der Waals surface area contributed by atoms with Gasteiger partial charge >= 0.3 is 6.18 Å². The molecule has 0 aromatic heterocycles. The Kier molecular flexibility index (Phi) is 6.49. The second kappa shape index (κ2) is 7.63. The van der Waals surface area contributed by atoms with Gasteiger partial charge in [0.05, 0.1) is 13.2 Å². The molecule has 0 bridgehead atoms. The highest BCUT2D eigenvalue weighted by atomic mass is 79.9. The van der Waals surface area contributed by atoms with E-state index in [0.29, 0.717) is 18.4 Å². The fraction of sp³-hybridized carbons (Fsp3) is 0.500. The summed E-state index contributed by atoms with van der Waals surface area (Å²) < 4.78 is 45.2. The number of hydrogen-bond acceptors (Lipinski definition) is 2. The van der Waals surface area contributed by atoms with Gasteiger partial charge in [-0.05, 0) is 6.07 Å². The molecule has 2 nitrogen and oxygen atoms in total. The van der Waals surface area contributed by atoms with E-state index in [0.717, 1.165) is 11.3 Å². The van der Waals surface area contributed by atoms with Gasteiger partial charge < -0.3 is 9.47 Å². The fourth-order valence-corrected chi connectivity index (χ4v) is 1.75. The molecule has 0 N–H and O–H groups in total. The number of hydrogen-bond donors (Lipinski definition) is 0. The lowest BCUT2D eigenvalue weighted by Gasteiger charge is -2.10. The Morgan fingerprint density at radius 1 is 1.11 bits per heavy atom. The second-order valence-electron chi connectivity index (χ2n) is 3.61. The minimum Gasteiger partial charge on any atom is -0.493 e. The van der Waals surface area contributed by atoms with Gasteiger partial charge in [-0.15, -0.1) is 0 Å². The highest BCUT2D eigenvalue weighted by molar-refractivity contribution is 9.08. The Balaban J connectivity index is 2.18. The van der Waals surface area contributed by atoms with Crippen molar-refractivity contribution in [2.45, 2.75) is 17.9 Å². The van der Waals surface area contributed by atoms with E-state index < -0.39 is 12.8 Å². The van der Waals surface area contributed by atoms with E-state index >= 15 is 0 Å². The average Bonchev–Trinajstić information content (AvgIpc) is 2.32. The van der Waals surface area contributed by atoms with Gasteiger partial charge in [-0.1, -0.05) is 34.1 Å². The molecular weight excluding hydrogens is 313 g/mol. The number of halogens is 4. The molecule has 0 fully saturated rings. The van der Waals surface area contributed by atoms with Gasteiger partial charge in [-0.3, -0.25) is 0 Å². The molecule has 0 saturated heterocycles. The average molecular weight is 327 g/mol. The molecule has 0 spiro atoms. The summed E-state index contributed by atoms with van der Waals surface area (Å²) >= 11 is 3.33. The van der Waals surface area contributed by atoms with E-state index in [1.54, 1.807) is 0 Å². The summed E-state index contributed by atoms with van der Waals surface area (Å²) in [5.74, 6) is 0.741. The molecule has 1 rings (SSSR count). The van der Waals surface area contributed by atoms with Gasteiger partial charge in [0.2, 0.25) is 0 Å². The number of rotatable bonds is 7. The lowest BCUT2D eigenvalue weighted by molar-refractivity contribution is -0.174. The van der Waals surface area contributed by atoms with Gasteiger partial charge in [0.15, 0.2) is 0 Å². The molecule has 0 aliphatic rings. The van der Waals surface area contributed by atoms with Gasteiger partial charge in [-0.25, -0.2) is 0 Å². The highest BCUT2D eigenvalue weighted by Crippen LogP contribution is 2.20. The van der Waals surface area contributed by atoms with Crippen molar-refractivity contribution in [2.75, 3.05) is 19.8 Å². The minimum absolute atomic E-state index is 0.0377.